The second-order valence-electron chi connectivity index (χ2n) is 8.93. The van der Waals surface area contributed by atoms with Crippen LogP contribution in [0.25, 0.3) is 0 Å². The van der Waals surface area contributed by atoms with E-state index in [0.29, 0.717) is 26.4 Å². The van der Waals surface area contributed by atoms with Gasteiger partial charge in [0.1, 0.15) is 6.79 Å². The van der Waals surface area contributed by atoms with Crippen molar-refractivity contribution in [1.82, 2.24) is 5.32 Å². The monoisotopic (exact) mass is 371 g/mol. The van der Waals surface area contributed by atoms with Crippen LogP contribution in [0.2, 0.25) is 0 Å². The molecule has 4 heteroatoms. The Morgan fingerprint density at radius 1 is 1.15 bits per heavy atom. The van der Waals surface area contributed by atoms with E-state index in [1.54, 1.807) is 0 Å². The Morgan fingerprint density at radius 3 is 2.44 bits per heavy atom. The Labute approximate surface area is 163 Å². The molecule has 1 N–H and O–H groups in total. The average Bonchev–Trinajstić information content (AvgIpc) is 3.37. The predicted molar refractivity (Wildman–Crippen MR) is 106 cm³/mol. The van der Waals surface area contributed by atoms with Crippen molar-refractivity contribution in [3.63, 3.8) is 0 Å². The quantitative estimate of drug-likeness (QED) is 0.817. The molecule has 4 rings (SSSR count). The summed E-state index contributed by atoms with van der Waals surface area (Å²) < 4.78 is 11.3. The summed E-state index contributed by atoms with van der Waals surface area (Å²) in [6.07, 6.45) is 9.19. The highest BCUT2D eigenvalue weighted by atomic mass is 16.7. The van der Waals surface area contributed by atoms with Gasteiger partial charge >= 0.3 is 0 Å². The molecule has 1 aliphatic heterocycles. The lowest BCUT2D eigenvalue weighted by atomic mass is 9.70. The molecule has 1 saturated heterocycles. The molecule has 4 nitrogen and oxygen atoms in total. The first-order chi connectivity index (χ1) is 13.1. The van der Waals surface area contributed by atoms with Gasteiger partial charge in [-0.2, -0.15) is 0 Å². The molecule has 27 heavy (non-hydrogen) atoms. The van der Waals surface area contributed by atoms with Crippen LogP contribution in [-0.2, 0) is 20.7 Å². The third kappa shape index (κ3) is 4.22. The molecule has 2 aliphatic carbocycles. The van der Waals surface area contributed by atoms with Gasteiger partial charge in [0.05, 0.1) is 19.1 Å². The largest absolute Gasteiger partial charge is 0.355 e. The molecule has 1 unspecified atom stereocenters. The van der Waals surface area contributed by atoms with Crippen molar-refractivity contribution in [3.8, 4) is 0 Å². The highest BCUT2D eigenvalue weighted by molar-refractivity contribution is 5.79. The number of hydrogen-bond acceptors (Lipinski definition) is 3. The number of carbonyl (C=O) groups excluding carboxylic acids is 1. The van der Waals surface area contributed by atoms with Gasteiger partial charge in [-0.15, -0.1) is 0 Å². The standard InChI is InChI=1S/C23H33NO3/c1-16-10-19(18-6-7-18)11-17(2)20(16)12-22(25)24-14-23(8-4-3-5-9-23)21-13-26-15-27-21/h10-11,18,21H,3-9,12-15H2,1-2H3,(H,24,25). The van der Waals surface area contributed by atoms with Crippen molar-refractivity contribution in [2.75, 3.05) is 19.9 Å². The van der Waals surface area contributed by atoms with Crippen LogP contribution >= 0.6 is 0 Å². The van der Waals surface area contributed by atoms with Crippen molar-refractivity contribution in [1.29, 1.82) is 0 Å². The topological polar surface area (TPSA) is 47.6 Å². The Bertz CT molecular complexity index is 660. The molecule has 0 spiro atoms. The number of benzene rings is 1. The minimum atomic E-state index is 0.0460. The second-order valence-corrected chi connectivity index (χ2v) is 8.93. The summed E-state index contributed by atoms with van der Waals surface area (Å²) in [6, 6.07) is 4.58. The first-order valence-electron chi connectivity index (χ1n) is 10.6. The zero-order chi connectivity index (χ0) is 18.9. The van der Waals surface area contributed by atoms with E-state index in [2.05, 4.69) is 31.3 Å². The second kappa shape index (κ2) is 7.92. The predicted octanol–water partition coefficient (Wildman–Crippen LogP) is 4.16. The SMILES string of the molecule is Cc1cc(C2CC2)cc(C)c1CC(=O)NCC1(C2COCO2)CCCCC1. The number of carbonyl (C=O) groups is 1. The van der Waals surface area contributed by atoms with Gasteiger partial charge < -0.3 is 14.8 Å². The smallest absolute Gasteiger partial charge is 0.224 e. The molecule has 0 radical (unpaired) electrons. The summed E-state index contributed by atoms with van der Waals surface area (Å²) in [5.74, 6) is 0.884. The zero-order valence-corrected chi connectivity index (χ0v) is 16.8. The molecule has 2 saturated carbocycles. The molecule has 1 aromatic carbocycles. The van der Waals surface area contributed by atoms with Gasteiger partial charge in [0.2, 0.25) is 5.91 Å². The first-order valence-corrected chi connectivity index (χ1v) is 10.6. The molecule has 0 aromatic heterocycles. The van der Waals surface area contributed by atoms with Crippen LogP contribution in [0.1, 0.15) is 73.1 Å². The van der Waals surface area contributed by atoms with Crippen LogP contribution in [0.5, 0.6) is 0 Å². The number of hydrogen-bond donors (Lipinski definition) is 1. The third-order valence-corrected chi connectivity index (χ3v) is 6.90. The molecule has 148 valence electrons. The summed E-state index contributed by atoms with van der Waals surface area (Å²) in [7, 11) is 0. The minimum Gasteiger partial charge on any atom is -0.355 e. The fraction of sp³-hybridized carbons (Fsp3) is 0.696. The van der Waals surface area contributed by atoms with Crippen LogP contribution in [0, 0.1) is 19.3 Å². The molecule has 1 atom stereocenters. The molecule has 1 amide bonds. The summed E-state index contributed by atoms with van der Waals surface area (Å²) in [5.41, 5.74) is 5.20. The maximum Gasteiger partial charge on any atom is 0.224 e. The molecule has 1 heterocycles. The van der Waals surface area contributed by atoms with E-state index in [9.17, 15) is 4.79 Å². The van der Waals surface area contributed by atoms with Crippen LogP contribution in [0.3, 0.4) is 0 Å². The normalized spacial score (nSPS) is 24.7. The zero-order valence-electron chi connectivity index (χ0n) is 16.8. The molecule has 3 aliphatic rings. The van der Waals surface area contributed by atoms with Gasteiger partial charge in [-0.1, -0.05) is 31.4 Å². The Kier molecular flexibility index (Phi) is 5.56. The Morgan fingerprint density at radius 2 is 1.85 bits per heavy atom. The fourth-order valence-corrected chi connectivity index (χ4v) is 5.01. The van der Waals surface area contributed by atoms with Gasteiger partial charge in [-0.05, 0) is 67.7 Å². The van der Waals surface area contributed by atoms with Crippen molar-refractivity contribution in [2.24, 2.45) is 5.41 Å². The number of nitrogens with one attached hydrogen (secondary N) is 1. The summed E-state index contributed by atoms with van der Waals surface area (Å²) in [4.78, 5) is 12.8. The van der Waals surface area contributed by atoms with Gasteiger partial charge in [-0.3, -0.25) is 4.79 Å². The van der Waals surface area contributed by atoms with Gasteiger partial charge in [0, 0.05) is 12.0 Å². The molecule has 0 bridgehead atoms. The van der Waals surface area contributed by atoms with Crippen molar-refractivity contribution in [3.05, 3.63) is 34.4 Å². The summed E-state index contributed by atoms with van der Waals surface area (Å²) >= 11 is 0. The van der Waals surface area contributed by atoms with Crippen molar-refractivity contribution >= 4 is 5.91 Å². The van der Waals surface area contributed by atoms with Gasteiger partial charge in [0.15, 0.2) is 0 Å². The van der Waals surface area contributed by atoms with E-state index >= 15 is 0 Å². The Balaban J connectivity index is 1.40. The van der Waals surface area contributed by atoms with Crippen LogP contribution in [-0.4, -0.2) is 32.0 Å². The number of ether oxygens (including phenoxy) is 2. The maximum absolute atomic E-state index is 12.8. The molecular weight excluding hydrogens is 338 g/mol. The fourth-order valence-electron chi connectivity index (χ4n) is 5.01. The van der Waals surface area contributed by atoms with E-state index < -0.39 is 0 Å². The molecule has 1 aromatic rings. The first kappa shape index (κ1) is 18.9. The lowest BCUT2D eigenvalue weighted by Gasteiger charge is -2.41. The number of rotatable bonds is 6. The van der Waals surface area contributed by atoms with E-state index in [4.69, 9.17) is 9.47 Å². The van der Waals surface area contributed by atoms with Crippen LogP contribution in [0.15, 0.2) is 12.1 Å². The van der Waals surface area contributed by atoms with E-state index in [1.807, 2.05) is 0 Å². The maximum atomic E-state index is 12.8. The lowest BCUT2D eigenvalue weighted by Crippen LogP contribution is -2.48. The van der Waals surface area contributed by atoms with Crippen molar-refractivity contribution in [2.45, 2.75) is 77.2 Å². The molecule has 3 fully saturated rings. The third-order valence-electron chi connectivity index (χ3n) is 6.90. The number of aryl methyl sites for hydroxylation is 2. The average molecular weight is 372 g/mol. The highest BCUT2D eigenvalue weighted by Crippen LogP contribution is 2.42. The van der Waals surface area contributed by atoms with Crippen LogP contribution < -0.4 is 5.32 Å². The highest BCUT2D eigenvalue weighted by Gasteiger charge is 2.42. The summed E-state index contributed by atoms with van der Waals surface area (Å²) in [5, 5.41) is 3.25. The van der Waals surface area contributed by atoms with Gasteiger partial charge in [-0.25, -0.2) is 0 Å². The molecular formula is C23H33NO3. The lowest BCUT2D eigenvalue weighted by molar-refractivity contribution is -0.121. The van der Waals surface area contributed by atoms with Crippen LogP contribution in [0.4, 0.5) is 0 Å². The van der Waals surface area contributed by atoms with Crippen molar-refractivity contribution < 1.29 is 14.3 Å². The summed E-state index contributed by atoms with van der Waals surface area (Å²) in [6.45, 7) is 6.06. The Hall–Kier alpha value is -1.39. The number of amides is 1. The van der Waals surface area contributed by atoms with E-state index in [1.165, 1.54) is 54.4 Å². The minimum absolute atomic E-state index is 0.0460. The van der Waals surface area contributed by atoms with Gasteiger partial charge in [0.25, 0.3) is 0 Å². The van der Waals surface area contributed by atoms with E-state index in [0.717, 1.165) is 18.8 Å². The van der Waals surface area contributed by atoms with E-state index in [-0.39, 0.29) is 17.4 Å².